The monoisotopic (exact) mass is 489 g/mol. The van der Waals surface area contributed by atoms with Gasteiger partial charge in [-0.15, -0.1) is 0 Å². The van der Waals surface area contributed by atoms with E-state index in [1.165, 1.54) is 12.3 Å². The summed E-state index contributed by atoms with van der Waals surface area (Å²) in [6.45, 7) is 0.437. The van der Waals surface area contributed by atoms with Crippen LogP contribution in [0.25, 0.3) is 11.2 Å². The number of alkyl halides is 1. The smallest absolute Gasteiger partial charge is 0.225 e. The molecule has 35 heavy (non-hydrogen) atoms. The maximum atomic E-state index is 14.4. The van der Waals surface area contributed by atoms with E-state index in [1.54, 1.807) is 4.57 Å². The van der Waals surface area contributed by atoms with Crippen molar-refractivity contribution in [2.75, 3.05) is 23.8 Å². The second-order valence-electron chi connectivity index (χ2n) is 8.97. The summed E-state index contributed by atoms with van der Waals surface area (Å²) >= 11 is 0. The van der Waals surface area contributed by atoms with E-state index in [0.29, 0.717) is 49.9 Å². The zero-order chi connectivity index (χ0) is 24.5. The first-order valence-corrected chi connectivity index (χ1v) is 11.6. The van der Waals surface area contributed by atoms with E-state index in [0.717, 1.165) is 12.1 Å². The lowest BCUT2D eigenvalue weighted by atomic mass is 9.85. The van der Waals surface area contributed by atoms with Gasteiger partial charge in [-0.05, 0) is 44.2 Å². The minimum atomic E-state index is -1.20. The van der Waals surface area contributed by atoms with E-state index in [9.17, 15) is 18.0 Å². The van der Waals surface area contributed by atoms with Crippen molar-refractivity contribution >= 4 is 34.7 Å². The predicted molar refractivity (Wildman–Crippen MR) is 123 cm³/mol. The number of rotatable bonds is 6. The number of ether oxygens (including phenoxy) is 1. The molecule has 4 N–H and O–H groups in total. The van der Waals surface area contributed by atoms with Gasteiger partial charge >= 0.3 is 0 Å². The van der Waals surface area contributed by atoms with Gasteiger partial charge in [0.1, 0.15) is 29.0 Å². The molecule has 0 unspecified atom stereocenters. The molecule has 1 aromatic carbocycles. The van der Waals surface area contributed by atoms with Gasteiger partial charge in [-0.1, -0.05) is 6.07 Å². The molecule has 9 nitrogen and oxygen atoms in total. The number of nitrogens with two attached hydrogens (primary N) is 1. The predicted octanol–water partition coefficient (Wildman–Crippen LogP) is 3.60. The van der Waals surface area contributed by atoms with Crippen molar-refractivity contribution in [3.8, 4) is 0 Å². The number of nitrogens with zero attached hydrogens (tertiary/aromatic N) is 4. The lowest BCUT2D eigenvalue weighted by Crippen LogP contribution is -2.39. The second-order valence-corrected chi connectivity index (χ2v) is 8.97. The van der Waals surface area contributed by atoms with Gasteiger partial charge in [0, 0.05) is 18.6 Å². The summed E-state index contributed by atoms with van der Waals surface area (Å²) < 4.78 is 50.0. The highest BCUT2D eigenvalue weighted by molar-refractivity contribution is 5.78. The van der Waals surface area contributed by atoms with E-state index in [-0.39, 0.29) is 42.1 Å². The first-order valence-electron chi connectivity index (χ1n) is 11.6. The zero-order valence-electron chi connectivity index (χ0n) is 18.9. The molecule has 0 radical (unpaired) electrons. The number of fused-ring (bicyclic) bond motifs is 1. The number of carbonyl (C=O) groups is 1. The summed E-state index contributed by atoms with van der Waals surface area (Å²) in [6.07, 6.45) is 3.13. The number of amides is 1. The van der Waals surface area contributed by atoms with Crippen LogP contribution in [-0.2, 0) is 9.53 Å². The first-order chi connectivity index (χ1) is 16.9. The van der Waals surface area contributed by atoms with E-state index in [2.05, 4.69) is 25.6 Å². The molecule has 1 aliphatic carbocycles. The molecule has 3 aromatic rings. The molecule has 2 aromatic heterocycles. The number of nitrogens with one attached hydrogen (secondary N) is 2. The average Bonchev–Trinajstić information content (AvgIpc) is 3.20. The number of anilines is 3. The summed E-state index contributed by atoms with van der Waals surface area (Å²) in [4.78, 5) is 25.0. The summed E-state index contributed by atoms with van der Waals surface area (Å²) in [5.74, 6) is -1.65. The SMILES string of the molecule is NC(=O)[C@H]1CC[C@@H](n2c(Nc3c(F)cccc3F)nc3cnc(N[C@H]4CCOC[C@H]4F)nc32)CC1. The van der Waals surface area contributed by atoms with E-state index >= 15 is 0 Å². The highest BCUT2D eigenvalue weighted by Gasteiger charge is 2.30. The van der Waals surface area contributed by atoms with Gasteiger partial charge in [0.05, 0.1) is 18.8 Å². The minimum absolute atomic E-state index is 0.00319. The number of carbonyl (C=O) groups excluding carboxylic acids is 1. The Morgan fingerprint density at radius 3 is 2.54 bits per heavy atom. The minimum Gasteiger partial charge on any atom is -0.378 e. The van der Waals surface area contributed by atoms with Crippen molar-refractivity contribution < 1.29 is 22.7 Å². The Hall–Kier alpha value is -3.41. The number of hydrogen-bond acceptors (Lipinski definition) is 7. The van der Waals surface area contributed by atoms with Gasteiger partial charge in [-0.2, -0.15) is 4.98 Å². The Bertz CT molecular complexity index is 1210. The van der Waals surface area contributed by atoms with Crippen LogP contribution in [0.15, 0.2) is 24.4 Å². The Balaban J connectivity index is 1.52. The van der Waals surface area contributed by atoms with Crippen molar-refractivity contribution in [2.24, 2.45) is 11.7 Å². The van der Waals surface area contributed by atoms with Gasteiger partial charge in [-0.3, -0.25) is 9.36 Å². The van der Waals surface area contributed by atoms with Crippen molar-refractivity contribution in [3.05, 3.63) is 36.0 Å². The number of halogens is 3. The normalized spacial score (nSPS) is 24.9. The molecule has 2 aliphatic rings. The Kier molecular flexibility index (Phi) is 6.46. The molecule has 186 valence electrons. The van der Waals surface area contributed by atoms with Crippen LogP contribution >= 0.6 is 0 Å². The van der Waals surface area contributed by atoms with Crippen LogP contribution in [0, 0.1) is 17.6 Å². The third kappa shape index (κ3) is 4.75. The third-order valence-corrected chi connectivity index (χ3v) is 6.70. The van der Waals surface area contributed by atoms with Crippen molar-refractivity contribution in [3.63, 3.8) is 0 Å². The molecule has 0 bridgehead atoms. The average molecular weight is 490 g/mol. The molecule has 0 spiro atoms. The molecule has 1 saturated carbocycles. The number of para-hydroxylation sites is 1. The van der Waals surface area contributed by atoms with E-state index in [1.807, 2.05) is 0 Å². The molecule has 1 saturated heterocycles. The van der Waals surface area contributed by atoms with E-state index < -0.39 is 23.8 Å². The summed E-state index contributed by atoms with van der Waals surface area (Å²) in [7, 11) is 0. The molecule has 2 atom stereocenters. The first kappa shape index (κ1) is 23.3. The number of imidazole rings is 1. The van der Waals surface area contributed by atoms with Crippen molar-refractivity contribution in [1.82, 2.24) is 19.5 Å². The van der Waals surface area contributed by atoms with Crippen LogP contribution in [0.1, 0.15) is 38.1 Å². The third-order valence-electron chi connectivity index (χ3n) is 6.70. The molecular weight excluding hydrogens is 463 g/mol. The topological polar surface area (TPSA) is 120 Å². The van der Waals surface area contributed by atoms with Gasteiger partial charge in [-0.25, -0.2) is 23.1 Å². The van der Waals surface area contributed by atoms with Gasteiger partial charge in [0.25, 0.3) is 0 Å². The quantitative estimate of drug-likeness (QED) is 0.484. The van der Waals surface area contributed by atoms with Crippen LogP contribution < -0.4 is 16.4 Å². The summed E-state index contributed by atoms with van der Waals surface area (Å²) in [6, 6.07) is 2.95. The number of hydrogen-bond donors (Lipinski definition) is 3. The van der Waals surface area contributed by atoms with Crippen LogP contribution in [0.5, 0.6) is 0 Å². The highest BCUT2D eigenvalue weighted by atomic mass is 19.1. The van der Waals surface area contributed by atoms with Gasteiger partial charge < -0.3 is 21.1 Å². The largest absolute Gasteiger partial charge is 0.378 e. The molecule has 1 aliphatic heterocycles. The van der Waals surface area contributed by atoms with E-state index in [4.69, 9.17) is 10.5 Å². The zero-order valence-corrected chi connectivity index (χ0v) is 18.9. The second kappa shape index (κ2) is 9.68. The lowest BCUT2D eigenvalue weighted by Gasteiger charge is -2.29. The summed E-state index contributed by atoms with van der Waals surface area (Å²) in [5, 5.41) is 5.82. The Morgan fingerprint density at radius 1 is 1.11 bits per heavy atom. The molecule has 5 rings (SSSR count). The molecule has 12 heteroatoms. The van der Waals surface area contributed by atoms with Crippen molar-refractivity contribution in [1.29, 1.82) is 0 Å². The molecule has 2 fully saturated rings. The highest BCUT2D eigenvalue weighted by Crippen LogP contribution is 2.37. The Morgan fingerprint density at radius 2 is 1.86 bits per heavy atom. The maximum Gasteiger partial charge on any atom is 0.225 e. The van der Waals surface area contributed by atoms with Crippen LogP contribution in [0.3, 0.4) is 0 Å². The standard InChI is InChI=1S/C23H26F3N7O2/c24-14-2-1-3-15(25)19(14)31-23-30-18-10-28-22(29-17-8-9-35-11-16(17)26)32-21(18)33(23)13-6-4-12(5-7-13)20(27)34/h1-3,10,12-13,16-17H,4-9,11H2,(H2,27,34)(H,30,31)(H,28,29,32)/t12-,13+,16-,17+/m1/s1. The number of primary amides is 1. The number of aromatic nitrogens is 4. The number of benzene rings is 1. The van der Waals surface area contributed by atoms with Gasteiger partial charge in [0.15, 0.2) is 5.65 Å². The van der Waals surface area contributed by atoms with Crippen LogP contribution in [0.2, 0.25) is 0 Å². The Labute approximate surface area is 199 Å². The summed E-state index contributed by atoms with van der Waals surface area (Å²) in [5.41, 5.74) is 6.00. The fourth-order valence-corrected chi connectivity index (χ4v) is 4.77. The fraction of sp³-hybridized carbons (Fsp3) is 0.478. The lowest BCUT2D eigenvalue weighted by molar-refractivity contribution is -0.122. The van der Waals surface area contributed by atoms with Crippen LogP contribution in [-0.4, -0.2) is 50.9 Å². The maximum absolute atomic E-state index is 14.4. The molecule has 1 amide bonds. The molecule has 3 heterocycles. The molecular formula is C23H26F3N7O2. The van der Waals surface area contributed by atoms with Crippen molar-refractivity contribution in [2.45, 2.75) is 50.4 Å². The van der Waals surface area contributed by atoms with Crippen LogP contribution in [0.4, 0.5) is 30.8 Å². The van der Waals surface area contributed by atoms with Gasteiger partial charge in [0.2, 0.25) is 17.8 Å². The fourth-order valence-electron chi connectivity index (χ4n) is 4.77.